The molecule has 0 aliphatic heterocycles. The Bertz CT molecular complexity index is 765. The van der Waals surface area contributed by atoms with Gasteiger partial charge in [0, 0.05) is 5.92 Å². The minimum Gasteiger partial charge on any atom is -0.476 e. The van der Waals surface area contributed by atoms with E-state index < -0.39 is 15.9 Å². The zero-order chi connectivity index (χ0) is 18.2. The highest BCUT2D eigenvalue weighted by molar-refractivity contribution is 6.51. The molecular formula is C20H20Cl2O3. The van der Waals surface area contributed by atoms with E-state index in [9.17, 15) is 4.79 Å². The number of aryl methyl sites for hydroxylation is 1. The highest BCUT2D eigenvalue weighted by atomic mass is 35.5. The van der Waals surface area contributed by atoms with Crippen molar-refractivity contribution in [2.45, 2.75) is 43.0 Å². The second kappa shape index (κ2) is 6.54. The number of rotatable bonds is 5. The molecule has 3 nitrogen and oxygen atoms in total. The van der Waals surface area contributed by atoms with E-state index in [0.29, 0.717) is 11.5 Å². The number of benzene rings is 2. The van der Waals surface area contributed by atoms with Gasteiger partial charge in [0.25, 0.3) is 0 Å². The summed E-state index contributed by atoms with van der Waals surface area (Å²) in [4.78, 5) is 12.4. The second-order valence-electron chi connectivity index (χ2n) is 6.90. The van der Waals surface area contributed by atoms with Crippen LogP contribution in [0.2, 0.25) is 0 Å². The Morgan fingerprint density at radius 2 is 1.56 bits per heavy atom. The highest BCUT2D eigenvalue weighted by Gasteiger charge is 2.52. The summed E-state index contributed by atoms with van der Waals surface area (Å²) < 4.78 is 10.6. The average molecular weight is 379 g/mol. The van der Waals surface area contributed by atoms with E-state index in [-0.39, 0.29) is 5.92 Å². The summed E-state index contributed by atoms with van der Waals surface area (Å²) in [5, 5.41) is 0. The molecule has 3 rings (SSSR count). The maximum absolute atomic E-state index is 12.4. The Hall–Kier alpha value is -1.71. The lowest BCUT2D eigenvalue weighted by molar-refractivity contribution is -0.149. The van der Waals surface area contributed by atoms with Crippen LogP contribution in [-0.4, -0.2) is 15.9 Å². The number of ether oxygens (including phenoxy) is 2. The number of alkyl halides is 2. The Morgan fingerprint density at radius 1 is 1.04 bits per heavy atom. The third-order valence-corrected chi connectivity index (χ3v) is 5.04. The second-order valence-corrected chi connectivity index (χ2v) is 8.44. The fraction of sp³-hybridized carbons (Fsp3) is 0.350. The summed E-state index contributed by atoms with van der Waals surface area (Å²) in [6.07, 6.45) is 0.755. The number of hydrogen-bond acceptors (Lipinski definition) is 3. The summed E-state index contributed by atoms with van der Waals surface area (Å²) in [6, 6.07) is 14.8. The van der Waals surface area contributed by atoms with Crippen LogP contribution < -0.4 is 9.47 Å². The van der Waals surface area contributed by atoms with Crippen LogP contribution >= 0.6 is 23.2 Å². The van der Waals surface area contributed by atoms with Crippen molar-refractivity contribution in [1.29, 1.82) is 0 Å². The van der Waals surface area contributed by atoms with Crippen LogP contribution in [0.15, 0.2) is 48.5 Å². The van der Waals surface area contributed by atoms with Gasteiger partial charge in [0.1, 0.15) is 15.8 Å². The van der Waals surface area contributed by atoms with Gasteiger partial charge in [0.15, 0.2) is 0 Å². The van der Waals surface area contributed by atoms with Crippen LogP contribution in [0.1, 0.15) is 37.3 Å². The lowest BCUT2D eigenvalue weighted by Crippen LogP contribution is -2.41. The molecule has 2 aromatic carbocycles. The van der Waals surface area contributed by atoms with Crippen LogP contribution in [-0.2, 0) is 4.79 Å². The number of carbonyl (C=O) groups is 1. The number of carbonyl (C=O) groups excluding carboxylic acids is 1. The summed E-state index contributed by atoms with van der Waals surface area (Å²) in [5.74, 6) is 0.787. The third-order valence-electron chi connectivity index (χ3n) is 4.20. The van der Waals surface area contributed by atoms with Crippen molar-refractivity contribution in [2.75, 3.05) is 0 Å². The molecule has 0 aromatic heterocycles. The van der Waals surface area contributed by atoms with Crippen molar-refractivity contribution < 1.29 is 14.3 Å². The van der Waals surface area contributed by atoms with E-state index in [1.165, 1.54) is 0 Å². The molecule has 0 N–H and O–H groups in total. The maximum atomic E-state index is 12.4. The third kappa shape index (κ3) is 4.28. The number of esters is 1. The molecule has 1 unspecified atom stereocenters. The monoisotopic (exact) mass is 378 g/mol. The van der Waals surface area contributed by atoms with E-state index in [2.05, 4.69) is 0 Å². The molecule has 5 heteroatoms. The fourth-order valence-electron chi connectivity index (χ4n) is 2.52. The molecule has 0 amide bonds. The molecule has 1 aliphatic carbocycles. The van der Waals surface area contributed by atoms with Gasteiger partial charge in [-0.1, -0.05) is 29.8 Å². The Balaban J connectivity index is 1.64. The molecule has 132 valence electrons. The molecule has 25 heavy (non-hydrogen) atoms. The zero-order valence-corrected chi connectivity index (χ0v) is 15.9. The highest BCUT2D eigenvalue weighted by Crippen LogP contribution is 2.59. The lowest BCUT2D eigenvalue weighted by Gasteiger charge is -2.24. The Labute approximate surface area is 157 Å². The average Bonchev–Trinajstić information content (AvgIpc) is 3.18. The van der Waals surface area contributed by atoms with Gasteiger partial charge in [0.05, 0.1) is 0 Å². The SMILES string of the molecule is Cc1ccc(OC(=O)C(C)(C)Oc2ccc(C3CC3(Cl)Cl)cc2)cc1. The molecule has 0 heterocycles. The molecule has 1 atom stereocenters. The first-order valence-corrected chi connectivity index (χ1v) is 8.89. The molecule has 0 spiro atoms. The van der Waals surface area contributed by atoms with Crippen molar-refractivity contribution in [2.24, 2.45) is 0 Å². The van der Waals surface area contributed by atoms with Gasteiger partial charge in [-0.2, -0.15) is 0 Å². The van der Waals surface area contributed by atoms with Crippen molar-refractivity contribution in [3.05, 3.63) is 59.7 Å². The topological polar surface area (TPSA) is 35.5 Å². The molecule has 1 saturated carbocycles. The molecule has 2 aromatic rings. The summed E-state index contributed by atoms with van der Waals surface area (Å²) in [5.41, 5.74) is 1.05. The Kier molecular flexibility index (Phi) is 4.74. The summed E-state index contributed by atoms with van der Waals surface area (Å²) in [6.45, 7) is 5.34. The van der Waals surface area contributed by atoms with Gasteiger partial charge >= 0.3 is 5.97 Å². The quantitative estimate of drug-likeness (QED) is 0.395. The van der Waals surface area contributed by atoms with Gasteiger partial charge in [-0.3, -0.25) is 0 Å². The number of halogens is 2. The molecule has 0 saturated heterocycles. The van der Waals surface area contributed by atoms with E-state index >= 15 is 0 Å². The smallest absolute Gasteiger partial charge is 0.355 e. The van der Waals surface area contributed by atoms with Gasteiger partial charge in [-0.05, 0) is 57.0 Å². The van der Waals surface area contributed by atoms with E-state index in [1.54, 1.807) is 26.0 Å². The van der Waals surface area contributed by atoms with Crippen LogP contribution in [0.5, 0.6) is 11.5 Å². The van der Waals surface area contributed by atoms with Crippen molar-refractivity contribution >= 4 is 29.2 Å². The van der Waals surface area contributed by atoms with E-state index in [0.717, 1.165) is 17.5 Å². The van der Waals surface area contributed by atoms with Crippen LogP contribution in [0, 0.1) is 6.92 Å². The largest absolute Gasteiger partial charge is 0.476 e. The van der Waals surface area contributed by atoms with Crippen molar-refractivity contribution in [3.63, 3.8) is 0 Å². The van der Waals surface area contributed by atoms with Crippen LogP contribution in [0.4, 0.5) is 0 Å². The number of hydrogen-bond donors (Lipinski definition) is 0. The van der Waals surface area contributed by atoms with E-state index in [4.69, 9.17) is 32.7 Å². The van der Waals surface area contributed by atoms with Crippen molar-refractivity contribution in [1.82, 2.24) is 0 Å². The first kappa shape index (κ1) is 18.1. The lowest BCUT2D eigenvalue weighted by atomic mass is 10.1. The minimum atomic E-state index is -1.12. The first-order chi connectivity index (χ1) is 11.7. The van der Waals surface area contributed by atoms with Gasteiger partial charge in [-0.25, -0.2) is 4.79 Å². The van der Waals surface area contributed by atoms with E-state index in [1.807, 2.05) is 43.3 Å². The molecule has 1 fully saturated rings. The molecule has 0 radical (unpaired) electrons. The molecule has 0 bridgehead atoms. The van der Waals surface area contributed by atoms with Gasteiger partial charge in [-0.15, -0.1) is 23.2 Å². The predicted molar refractivity (Wildman–Crippen MR) is 99.8 cm³/mol. The van der Waals surface area contributed by atoms with Crippen LogP contribution in [0.25, 0.3) is 0 Å². The van der Waals surface area contributed by atoms with Gasteiger partial charge < -0.3 is 9.47 Å². The molecular weight excluding hydrogens is 359 g/mol. The predicted octanol–water partition coefficient (Wildman–Crippen LogP) is 5.42. The minimum absolute atomic E-state index is 0.157. The summed E-state index contributed by atoms with van der Waals surface area (Å²) in [7, 11) is 0. The first-order valence-electron chi connectivity index (χ1n) is 8.13. The fourth-order valence-corrected chi connectivity index (χ4v) is 3.08. The Morgan fingerprint density at radius 3 is 2.08 bits per heavy atom. The van der Waals surface area contributed by atoms with Crippen molar-refractivity contribution in [3.8, 4) is 11.5 Å². The maximum Gasteiger partial charge on any atom is 0.355 e. The molecule has 1 aliphatic rings. The zero-order valence-electron chi connectivity index (χ0n) is 14.4. The summed E-state index contributed by atoms with van der Waals surface area (Å²) >= 11 is 12.2. The van der Waals surface area contributed by atoms with Crippen LogP contribution in [0.3, 0.4) is 0 Å². The standard InChI is InChI=1S/C20H20Cl2O3/c1-13-4-8-15(9-5-13)24-18(23)19(2,3)25-16-10-6-14(7-11-16)17-12-20(17,21)22/h4-11,17H,12H2,1-3H3. The van der Waals surface area contributed by atoms with Gasteiger partial charge in [0.2, 0.25) is 5.60 Å². The normalized spacial score (nSPS) is 18.5.